The van der Waals surface area contributed by atoms with Gasteiger partial charge in [0.15, 0.2) is 0 Å². The van der Waals surface area contributed by atoms with Gasteiger partial charge in [0.25, 0.3) is 0 Å². The zero-order valence-corrected chi connectivity index (χ0v) is 8.22. The first-order valence-electron chi connectivity index (χ1n) is 4.89. The fourth-order valence-electron chi connectivity index (χ4n) is 1.74. The van der Waals surface area contributed by atoms with Crippen LogP contribution in [-0.4, -0.2) is 6.61 Å². The third-order valence-corrected chi connectivity index (χ3v) is 2.52. The predicted molar refractivity (Wildman–Crippen MR) is 52.8 cm³/mol. The average molecular weight is 195 g/mol. The molecule has 0 aromatic heterocycles. The van der Waals surface area contributed by atoms with E-state index in [1.807, 2.05) is 6.07 Å². The van der Waals surface area contributed by atoms with Crippen molar-refractivity contribution in [3.8, 4) is 5.75 Å². The lowest BCUT2D eigenvalue weighted by Gasteiger charge is -2.19. The van der Waals surface area contributed by atoms with Gasteiger partial charge in [0.2, 0.25) is 0 Å². The monoisotopic (exact) mass is 195 g/mol. The van der Waals surface area contributed by atoms with Gasteiger partial charge >= 0.3 is 0 Å². The number of hydrogen-bond acceptors (Lipinski definition) is 2. The first-order valence-corrected chi connectivity index (χ1v) is 4.89. The van der Waals surface area contributed by atoms with E-state index in [9.17, 15) is 4.39 Å². The molecule has 2 nitrogen and oxygen atoms in total. The van der Waals surface area contributed by atoms with Gasteiger partial charge in [0.1, 0.15) is 11.6 Å². The van der Waals surface area contributed by atoms with Crippen LogP contribution in [0.25, 0.3) is 0 Å². The highest BCUT2D eigenvalue weighted by atomic mass is 19.1. The van der Waals surface area contributed by atoms with Crippen LogP contribution in [0.15, 0.2) is 12.1 Å². The van der Waals surface area contributed by atoms with Crippen molar-refractivity contribution in [1.29, 1.82) is 0 Å². The molecule has 1 aromatic rings. The SMILES string of the molecule is C[C@@H](N)c1cc2c(cc1F)OCCC2. The number of benzene rings is 1. The number of fused-ring (bicyclic) bond motifs is 1. The molecule has 1 aromatic carbocycles. The Hall–Kier alpha value is -1.09. The van der Waals surface area contributed by atoms with Crippen molar-refractivity contribution in [2.24, 2.45) is 5.73 Å². The molecule has 0 saturated carbocycles. The second-order valence-corrected chi connectivity index (χ2v) is 3.72. The van der Waals surface area contributed by atoms with E-state index in [0.717, 1.165) is 18.4 Å². The summed E-state index contributed by atoms with van der Waals surface area (Å²) in [5.41, 5.74) is 7.32. The number of nitrogens with two attached hydrogens (primary N) is 1. The van der Waals surface area contributed by atoms with Crippen LogP contribution in [0.5, 0.6) is 5.75 Å². The lowest BCUT2D eigenvalue weighted by Crippen LogP contribution is -2.13. The summed E-state index contributed by atoms with van der Waals surface area (Å²) in [5, 5.41) is 0. The molecule has 2 N–H and O–H groups in total. The lowest BCUT2D eigenvalue weighted by atomic mass is 10.00. The van der Waals surface area contributed by atoms with E-state index in [0.29, 0.717) is 17.9 Å². The third kappa shape index (κ3) is 1.60. The highest BCUT2D eigenvalue weighted by molar-refractivity contribution is 5.40. The second kappa shape index (κ2) is 3.58. The van der Waals surface area contributed by atoms with Gasteiger partial charge in [-0.25, -0.2) is 4.39 Å². The van der Waals surface area contributed by atoms with E-state index in [-0.39, 0.29) is 11.9 Å². The summed E-state index contributed by atoms with van der Waals surface area (Å²) < 4.78 is 18.8. The van der Waals surface area contributed by atoms with Crippen LogP contribution in [0.3, 0.4) is 0 Å². The van der Waals surface area contributed by atoms with Crippen LogP contribution < -0.4 is 10.5 Å². The summed E-state index contributed by atoms with van der Waals surface area (Å²) in [6.07, 6.45) is 1.95. The summed E-state index contributed by atoms with van der Waals surface area (Å²) in [6.45, 7) is 2.47. The lowest BCUT2D eigenvalue weighted by molar-refractivity contribution is 0.286. The molecule has 0 amide bonds. The van der Waals surface area contributed by atoms with E-state index in [4.69, 9.17) is 10.5 Å². The molecule has 0 aliphatic carbocycles. The van der Waals surface area contributed by atoms with Gasteiger partial charge in [0, 0.05) is 17.7 Å². The molecule has 1 heterocycles. The minimum atomic E-state index is -0.263. The van der Waals surface area contributed by atoms with Crippen molar-refractivity contribution in [3.05, 3.63) is 29.1 Å². The van der Waals surface area contributed by atoms with Crippen LogP contribution in [0, 0.1) is 5.82 Å². The van der Waals surface area contributed by atoms with Gasteiger partial charge in [-0.2, -0.15) is 0 Å². The Labute approximate surface area is 82.9 Å². The molecule has 1 atom stereocenters. The van der Waals surface area contributed by atoms with Gasteiger partial charge in [-0.05, 0) is 31.4 Å². The van der Waals surface area contributed by atoms with Gasteiger partial charge in [-0.3, -0.25) is 0 Å². The van der Waals surface area contributed by atoms with E-state index in [1.165, 1.54) is 6.07 Å². The quantitative estimate of drug-likeness (QED) is 0.745. The van der Waals surface area contributed by atoms with E-state index in [1.54, 1.807) is 6.92 Å². The molecule has 0 fully saturated rings. The van der Waals surface area contributed by atoms with E-state index < -0.39 is 0 Å². The molecular formula is C11H14FNO. The Balaban J connectivity index is 2.45. The van der Waals surface area contributed by atoms with Crippen LogP contribution >= 0.6 is 0 Å². The Bertz CT molecular complexity index is 349. The third-order valence-electron chi connectivity index (χ3n) is 2.52. The molecule has 76 valence electrons. The first kappa shape index (κ1) is 9.46. The minimum Gasteiger partial charge on any atom is -0.493 e. The van der Waals surface area contributed by atoms with Gasteiger partial charge in [0.05, 0.1) is 6.61 Å². The highest BCUT2D eigenvalue weighted by Gasteiger charge is 2.16. The van der Waals surface area contributed by atoms with Crippen molar-refractivity contribution in [3.63, 3.8) is 0 Å². The van der Waals surface area contributed by atoms with Gasteiger partial charge < -0.3 is 10.5 Å². The average Bonchev–Trinajstić information content (AvgIpc) is 2.16. The summed E-state index contributed by atoms with van der Waals surface area (Å²) in [7, 11) is 0. The largest absolute Gasteiger partial charge is 0.493 e. The zero-order chi connectivity index (χ0) is 10.1. The van der Waals surface area contributed by atoms with Crippen LogP contribution in [0.4, 0.5) is 4.39 Å². The van der Waals surface area contributed by atoms with Gasteiger partial charge in [-0.1, -0.05) is 0 Å². The predicted octanol–water partition coefficient (Wildman–Crippen LogP) is 2.17. The molecule has 1 aliphatic heterocycles. The summed E-state index contributed by atoms with van der Waals surface area (Å²) in [5.74, 6) is 0.416. The molecule has 0 bridgehead atoms. The van der Waals surface area contributed by atoms with Crippen LogP contribution in [0.1, 0.15) is 30.5 Å². The summed E-state index contributed by atoms with van der Waals surface area (Å²) >= 11 is 0. The second-order valence-electron chi connectivity index (χ2n) is 3.72. The molecule has 0 saturated heterocycles. The maximum absolute atomic E-state index is 13.5. The number of ether oxygens (including phenoxy) is 1. The van der Waals surface area contributed by atoms with E-state index in [2.05, 4.69) is 0 Å². The zero-order valence-electron chi connectivity index (χ0n) is 8.22. The summed E-state index contributed by atoms with van der Waals surface area (Å²) in [4.78, 5) is 0. The highest BCUT2D eigenvalue weighted by Crippen LogP contribution is 2.29. The molecule has 14 heavy (non-hydrogen) atoms. The standard InChI is InChI=1S/C11H14FNO/c1-7(13)9-5-8-3-2-4-14-11(8)6-10(9)12/h5-7H,2-4,13H2,1H3/t7-/m1/s1. The fourth-order valence-corrected chi connectivity index (χ4v) is 1.74. The van der Waals surface area contributed by atoms with Crippen molar-refractivity contribution in [1.82, 2.24) is 0 Å². The first-order chi connectivity index (χ1) is 6.68. The number of hydrogen-bond donors (Lipinski definition) is 1. The van der Waals surface area contributed by atoms with Crippen molar-refractivity contribution < 1.29 is 9.13 Å². The molecule has 0 unspecified atom stereocenters. The molecule has 3 heteroatoms. The summed E-state index contributed by atoms with van der Waals surface area (Å²) in [6, 6.07) is 3.02. The Morgan fingerprint density at radius 1 is 1.50 bits per heavy atom. The minimum absolute atomic E-state index is 0.262. The maximum atomic E-state index is 13.5. The normalized spacial score (nSPS) is 17.1. The Morgan fingerprint density at radius 3 is 3.00 bits per heavy atom. The van der Waals surface area contributed by atoms with Crippen LogP contribution in [0.2, 0.25) is 0 Å². The van der Waals surface area contributed by atoms with E-state index >= 15 is 0 Å². The topological polar surface area (TPSA) is 35.2 Å². The maximum Gasteiger partial charge on any atom is 0.131 e. The number of rotatable bonds is 1. The Morgan fingerprint density at radius 2 is 2.29 bits per heavy atom. The number of halogens is 1. The molecule has 0 radical (unpaired) electrons. The van der Waals surface area contributed by atoms with Crippen molar-refractivity contribution >= 4 is 0 Å². The smallest absolute Gasteiger partial charge is 0.131 e. The Kier molecular flexibility index (Phi) is 2.42. The molecular weight excluding hydrogens is 181 g/mol. The molecule has 1 aliphatic rings. The molecule has 2 rings (SSSR count). The fraction of sp³-hybridized carbons (Fsp3) is 0.455. The number of aryl methyl sites for hydroxylation is 1. The van der Waals surface area contributed by atoms with Gasteiger partial charge in [-0.15, -0.1) is 0 Å². The van der Waals surface area contributed by atoms with Crippen molar-refractivity contribution in [2.75, 3.05) is 6.61 Å². The van der Waals surface area contributed by atoms with Crippen molar-refractivity contribution in [2.45, 2.75) is 25.8 Å². The molecule has 0 spiro atoms. The van der Waals surface area contributed by atoms with Crippen LogP contribution in [-0.2, 0) is 6.42 Å².